The predicted molar refractivity (Wildman–Crippen MR) is 78.1 cm³/mol. The standard InChI is InChI=1S/C14H18BNO4/c1-9-6-5-7-11-10(9)8-12(15(18)19)16(11)13(17)20-14(2,3)4/h5-8,18-19H,1-4H3. The molecule has 0 atom stereocenters. The fourth-order valence-electron chi connectivity index (χ4n) is 2.10. The van der Waals surface area contributed by atoms with E-state index in [1.165, 1.54) is 4.57 Å². The topological polar surface area (TPSA) is 71.7 Å². The van der Waals surface area contributed by atoms with Gasteiger partial charge in [0.25, 0.3) is 0 Å². The number of hydrogen-bond donors (Lipinski definition) is 2. The normalized spacial score (nSPS) is 11.7. The molecule has 1 aromatic carbocycles. The molecule has 106 valence electrons. The van der Waals surface area contributed by atoms with Crippen molar-refractivity contribution >= 4 is 29.7 Å². The Hall–Kier alpha value is -1.79. The minimum atomic E-state index is -1.74. The molecule has 0 aliphatic rings. The third-order valence-corrected chi connectivity index (χ3v) is 2.93. The van der Waals surface area contributed by atoms with Gasteiger partial charge in [-0.1, -0.05) is 12.1 Å². The first kappa shape index (κ1) is 14.6. The van der Waals surface area contributed by atoms with E-state index >= 15 is 0 Å². The van der Waals surface area contributed by atoms with Crippen LogP contribution in [0.4, 0.5) is 4.79 Å². The van der Waals surface area contributed by atoms with Crippen LogP contribution in [0.5, 0.6) is 0 Å². The van der Waals surface area contributed by atoms with Gasteiger partial charge in [-0.05, 0) is 45.4 Å². The number of benzene rings is 1. The number of hydrogen-bond acceptors (Lipinski definition) is 4. The number of carbonyl (C=O) groups is 1. The van der Waals surface area contributed by atoms with Gasteiger partial charge in [-0.25, -0.2) is 4.79 Å². The smallest absolute Gasteiger partial charge is 0.443 e. The second-order valence-corrected chi connectivity index (χ2v) is 5.77. The molecule has 6 heteroatoms. The van der Waals surface area contributed by atoms with Crippen molar-refractivity contribution in [3.8, 4) is 0 Å². The summed E-state index contributed by atoms with van der Waals surface area (Å²) in [5.41, 5.74) is 0.993. The third-order valence-electron chi connectivity index (χ3n) is 2.93. The molecule has 0 amide bonds. The van der Waals surface area contributed by atoms with Crippen LogP contribution in [0.3, 0.4) is 0 Å². The summed E-state index contributed by atoms with van der Waals surface area (Å²) in [4.78, 5) is 12.3. The molecule has 1 aromatic heterocycles. The highest BCUT2D eigenvalue weighted by Crippen LogP contribution is 2.20. The molecule has 0 spiro atoms. The molecule has 0 bridgehead atoms. The summed E-state index contributed by atoms with van der Waals surface area (Å²) in [5.74, 6) is 0. The Bertz CT molecular complexity index is 655. The van der Waals surface area contributed by atoms with Crippen LogP contribution < -0.4 is 5.59 Å². The van der Waals surface area contributed by atoms with Crippen molar-refractivity contribution in [2.45, 2.75) is 33.3 Å². The second-order valence-electron chi connectivity index (χ2n) is 5.77. The van der Waals surface area contributed by atoms with Gasteiger partial charge in [0.1, 0.15) is 5.60 Å². The Morgan fingerprint density at radius 1 is 1.30 bits per heavy atom. The average Bonchev–Trinajstić information content (AvgIpc) is 2.67. The van der Waals surface area contributed by atoms with Crippen molar-refractivity contribution in [2.24, 2.45) is 0 Å². The molecule has 2 aromatic rings. The Morgan fingerprint density at radius 3 is 2.50 bits per heavy atom. The molecule has 0 radical (unpaired) electrons. The molecule has 20 heavy (non-hydrogen) atoms. The van der Waals surface area contributed by atoms with Gasteiger partial charge >= 0.3 is 13.2 Å². The molecule has 0 aliphatic carbocycles. The number of aromatic nitrogens is 1. The summed E-state index contributed by atoms with van der Waals surface area (Å²) >= 11 is 0. The van der Waals surface area contributed by atoms with E-state index in [-0.39, 0.29) is 5.59 Å². The summed E-state index contributed by atoms with van der Waals surface area (Å²) in [7, 11) is -1.74. The first-order valence-corrected chi connectivity index (χ1v) is 6.41. The highest BCUT2D eigenvalue weighted by Gasteiger charge is 2.27. The zero-order chi connectivity index (χ0) is 15.1. The van der Waals surface area contributed by atoms with Gasteiger partial charge in [0.2, 0.25) is 0 Å². The summed E-state index contributed by atoms with van der Waals surface area (Å²) in [6, 6.07) is 7.05. The van der Waals surface area contributed by atoms with E-state index in [2.05, 4.69) is 0 Å². The average molecular weight is 275 g/mol. The number of aryl methyl sites for hydroxylation is 1. The molecular formula is C14H18BNO4. The van der Waals surface area contributed by atoms with E-state index in [9.17, 15) is 14.8 Å². The Morgan fingerprint density at radius 2 is 1.95 bits per heavy atom. The summed E-state index contributed by atoms with van der Waals surface area (Å²) in [6.45, 7) is 7.18. The van der Waals surface area contributed by atoms with Crippen LogP contribution >= 0.6 is 0 Å². The van der Waals surface area contributed by atoms with E-state index < -0.39 is 18.8 Å². The Labute approximate surface area is 117 Å². The van der Waals surface area contributed by atoms with Gasteiger partial charge in [-0.15, -0.1) is 0 Å². The van der Waals surface area contributed by atoms with Crippen LogP contribution in [0, 0.1) is 6.92 Å². The first-order chi connectivity index (χ1) is 9.20. The van der Waals surface area contributed by atoms with Crippen LogP contribution in [-0.2, 0) is 4.74 Å². The second kappa shape index (κ2) is 4.96. The van der Waals surface area contributed by atoms with Gasteiger partial charge < -0.3 is 14.8 Å². The number of nitrogens with zero attached hydrogens (tertiary/aromatic N) is 1. The fraction of sp³-hybridized carbons (Fsp3) is 0.357. The highest BCUT2D eigenvalue weighted by atomic mass is 16.6. The Balaban J connectivity index is 2.63. The van der Waals surface area contributed by atoms with Crippen LogP contribution in [0.2, 0.25) is 0 Å². The summed E-state index contributed by atoms with van der Waals surface area (Å²) in [6.07, 6.45) is -0.624. The molecule has 2 rings (SSSR count). The largest absolute Gasteiger partial charge is 0.506 e. The van der Waals surface area contributed by atoms with Gasteiger partial charge in [0.15, 0.2) is 0 Å². The van der Waals surface area contributed by atoms with E-state index in [4.69, 9.17) is 4.74 Å². The van der Waals surface area contributed by atoms with Crippen LogP contribution in [0.1, 0.15) is 26.3 Å². The molecule has 0 aliphatic heterocycles. The van der Waals surface area contributed by atoms with Gasteiger partial charge in [0, 0.05) is 5.39 Å². The van der Waals surface area contributed by atoms with E-state index in [1.54, 1.807) is 32.9 Å². The Kier molecular flexibility index (Phi) is 3.62. The molecule has 2 N–H and O–H groups in total. The van der Waals surface area contributed by atoms with Gasteiger partial charge in [-0.3, -0.25) is 4.57 Å². The van der Waals surface area contributed by atoms with Crippen LogP contribution in [0.15, 0.2) is 24.3 Å². The van der Waals surface area contributed by atoms with Crippen molar-refractivity contribution in [1.29, 1.82) is 0 Å². The highest BCUT2D eigenvalue weighted by molar-refractivity contribution is 6.59. The molecular weight excluding hydrogens is 257 g/mol. The minimum Gasteiger partial charge on any atom is -0.443 e. The lowest BCUT2D eigenvalue weighted by atomic mass is 9.86. The number of fused-ring (bicyclic) bond motifs is 1. The SMILES string of the molecule is Cc1cccc2c1cc(B(O)O)n2C(=O)OC(C)(C)C. The minimum absolute atomic E-state index is 0.101. The zero-order valence-electron chi connectivity index (χ0n) is 12.0. The quantitative estimate of drug-likeness (QED) is 0.772. The number of ether oxygens (including phenoxy) is 1. The van der Waals surface area contributed by atoms with E-state index in [1.807, 2.05) is 19.1 Å². The lowest BCUT2D eigenvalue weighted by molar-refractivity contribution is 0.0548. The third kappa shape index (κ3) is 2.71. The first-order valence-electron chi connectivity index (χ1n) is 6.41. The van der Waals surface area contributed by atoms with Crippen molar-refractivity contribution in [2.75, 3.05) is 0 Å². The molecule has 0 fully saturated rings. The van der Waals surface area contributed by atoms with E-state index in [0.29, 0.717) is 5.52 Å². The fourth-order valence-corrected chi connectivity index (χ4v) is 2.10. The molecule has 0 saturated heterocycles. The van der Waals surface area contributed by atoms with Gasteiger partial charge in [-0.2, -0.15) is 0 Å². The van der Waals surface area contributed by atoms with Gasteiger partial charge in [0.05, 0.1) is 11.1 Å². The molecule has 1 heterocycles. The summed E-state index contributed by atoms with van der Waals surface area (Å²) in [5, 5.41) is 19.7. The summed E-state index contributed by atoms with van der Waals surface area (Å²) < 4.78 is 6.53. The molecule has 0 unspecified atom stereocenters. The predicted octanol–water partition coefficient (Wildman–Crippen LogP) is 1.41. The van der Waals surface area contributed by atoms with Crippen molar-refractivity contribution < 1.29 is 19.6 Å². The van der Waals surface area contributed by atoms with E-state index in [0.717, 1.165) is 10.9 Å². The van der Waals surface area contributed by atoms with Crippen LogP contribution in [-0.4, -0.2) is 33.4 Å². The molecule has 0 saturated carbocycles. The number of carbonyl (C=O) groups excluding carboxylic acids is 1. The maximum Gasteiger partial charge on any atom is 0.506 e. The maximum absolute atomic E-state index is 12.3. The van der Waals surface area contributed by atoms with Crippen LogP contribution in [0.25, 0.3) is 10.9 Å². The molecule has 5 nitrogen and oxygen atoms in total. The van der Waals surface area contributed by atoms with Crippen molar-refractivity contribution in [3.05, 3.63) is 29.8 Å². The lowest BCUT2D eigenvalue weighted by Crippen LogP contribution is -2.40. The lowest BCUT2D eigenvalue weighted by Gasteiger charge is -2.21. The van der Waals surface area contributed by atoms with Crippen molar-refractivity contribution in [3.63, 3.8) is 0 Å². The van der Waals surface area contributed by atoms with Crippen molar-refractivity contribution in [1.82, 2.24) is 4.57 Å². The number of rotatable bonds is 1. The monoisotopic (exact) mass is 275 g/mol. The maximum atomic E-state index is 12.3. The zero-order valence-corrected chi connectivity index (χ0v) is 12.0.